The van der Waals surface area contributed by atoms with Crippen molar-refractivity contribution in [2.75, 3.05) is 0 Å². The third-order valence-corrected chi connectivity index (χ3v) is 2.82. The molecule has 0 N–H and O–H groups in total. The van der Waals surface area contributed by atoms with Crippen molar-refractivity contribution in [3.05, 3.63) is 34.2 Å². The number of aromatic nitrogens is 2. The van der Waals surface area contributed by atoms with Crippen LogP contribution in [0.15, 0.2) is 22.8 Å². The lowest BCUT2D eigenvalue weighted by Gasteiger charge is -2.06. The van der Waals surface area contributed by atoms with Crippen molar-refractivity contribution in [2.24, 2.45) is 0 Å². The lowest BCUT2D eigenvalue weighted by atomic mass is 10.2. The van der Waals surface area contributed by atoms with Crippen molar-refractivity contribution in [2.45, 2.75) is 12.6 Å². The Balaban J connectivity index is 2.68. The van der Waals surface area contributed by atoms with Gasteiger partial charge in [0.2, 0.25) is 0 Å². The van der Waals surface area contributed by atoms with Gasteiger partial charge in [-0.05, 0) is 34.0 Å². The molecule has 17 heavy (non-hydrogen) atoms. The van der Waals surface area contributed by atoms with Crippen LogP contribution in [0.2, 0.25) is 0 Å². The monoisotopic (exact) mass is 302 g/mol. The molecule has 2 heterocycles. The second kappa shape index (κ2) is 4.08. The molecule has 0 aliphatic heterocycles. The number of pyridine rings is 1. The third-order valence-electron chi connectivity index (χ3n) is 2.21. The van der Waals surface area contributed by atoms with E-state index in [-0.39, 0.29) is 11.4 Å². The van der Waals surface area contributed by atoms with Crippen LogP contribution in [0.5, 0.6) is 0 Å². The van der Waals surface area contributed by atoms with Crippen LogP contribution in [0.1, 0.15) is 11.4 Å². The number of imidazole rings is 1. The molecule has 88 valence electrons. The van der Waals surface area contributed by atoms with E-state index in [2.05, 4.69) is 26.8 Å². The topological polar surface area (TPSA) is 17.3 Å². The van der Waals surface area contributed by atoms with Gasteiger partial charge in [-0.1, -0.05) is 0 Å². The first kappa shape index (κ1) is 12.0. The van der Waals surface area contributed by atoms with Gasteiger partial charge in [0.25, 0.3) is 0 Å². The third kappa shape index (κ3) is 2.29. The van der Waals surface area contributed by atoms with Crippen molar-refractivity contribution in [1.82, 2.24) is 9.38 Å². The summed E-state index contributed by atoms with van der Waals surface area (Å²) >= 11 is 3.22. The van der Waals surface area contributed by atoms with E-state index in [1.807, 2.05) is 0 Å². The van der Waals surface area contributed by atoms with Gasteiger partial charge >= 0.3 is 6.18 Å². The van der Waals surface area contributed by atoms with Crippen molar-refractivity contribution in [3.8, 4) is 12.3 Å². The Bertz CT molecular complexity index is 607. The Hall–Kier alpha value is -1.48. The smallest absolute Gasteiger partial charge is 0.301 e. The van der Waals surface area contributed by atoms with E-state index in [0.29, 0.717) is 10.1 Å². The van der Waals surface area contributed by atoms with Gasteiger partial charge in [0.1, 0.15) is 5.69 Å². The quantitative estimate of drug-likeness (QED) is 0.740. The molecule has 2 aromatic heterocycles. The zero-order chi connectivity index (χ0) is 12.6. The zero-order valence-corrected chi connectivity index (χ0v) is 10.0. The summed E-state index contributed by atoms with van der Waals surface area (Å²) in [6.07, 6.45) is 1.28. The Morgan fingerprint density at radius 3 is 2.76 bits per heavy atom. The molecule has 0 unspecified atom stereocenters. The largest absolute Gasteiger partial charge is 0.394 e. The van der Waals surface area contributed by atoms with Crippen LogP contribution < -0.4 is 0 Å². The van der Waals surface area contributed by atoms with Crippen LogP contribution >= 0.6 is 15.9 Å². The molecule has 2 rings (SSSR count). The number of hydrogen-bond acceptors (Lipinski definition) is 1. The summed E-state index contributed by atoms with van der Waals surface area (Å²) in [4.78, 5) is 3.99. The van der Waals surface area contributed by atoms with Crippen molar-refractivity contribution in [1.29, 1.82) is 0 Å². The highest BCUT2D eigenvalue weighted by Crippen LogP contribution is 2.26. The van der Waals surface area contributed by atoms with E-state index in [9.17, 15) is 13.2 Å². The molecule has 0 saturated heterocycles. The molecule has 0 spiro atoms. The summed E-state index contributed by atoms with van der Waals surface area (Å²) in [7, 11) is 0. The summed E-state index contributed by atoms with van der Waals surface area (Å²) in [6, 6.07) is 3.32. The number of terminal acetylenes is 1. The Kier molecular flexibility index (Phi) is 2.87. The molecular weight excluding hydrogens is 297 g/mol. The molecule has 6 heteroatoms. The van der Waals surface area contributed by atoms with E-state index < -0.39 is 12.6 Å². The molecule has 0 aliphatic carbocycles. The fourth-order valence-electron chi connectivity index (χ4n) is 1.56. The lowest BCUT2D eigenvalue weighted by Crippen LogP contribution is -2.14. The normalized spacial score (nSPS) is 11.7. The first-order valence-electron chi connectivity index (χ1n) is 4.61. The summed E-state index contributed by atoms with van der Waals surface area (Å²) in [6.45, 7) is 0. The van der Waals surface area contributed by atoms with Crippen LogP contribution in [0.3, 0.4) is 0 Å². The van der Waals surface area contributed by atoms with Crippen molar-refractivity contribution < 1.29 is 13.2 Å². The minimum Gasteiger partial charge on any atom is -0.301 e. The molecule has 2 aromatic rings. The average Bonchev–Trinajstić information content (AvgIpc) is 2.56. The van der Waals surface area contributed by atoms with Crippen LogP contribution in [-0.2, 0) is 6.42 Å². The van der Waals surface area contributed by atoms with Gasteiger partial charge in [0.15, 0.2) is 5.65 Å². The summed E-state index contributed by atoms with van der Waals surface area (Å²) in [5.41, 5.74) is 0.394. The minimum absolute atomic E-state index is 0.0173. The molecule has 0 amide bonds. The standard InChI is InChI=1S/C11H6BrF3N2/c1-2-8-9(6-11(13,14)15)17-5-3-4-7(12)10(17)16-8/h1,3-5H,6H2. The van der Waals surface area contributed by atoms with Gasteiger partial charge in [-0.25, -0.2) is 4.98 Å². The number of nitrogens with zero attached hydrogens (tertiary/aromatic N) is 2. The van der Waals surface area contributed by atoms with Crippen LogP contribution in [0.25, 0.3) is 5.65 Å². The van der Waals surface area contributed by atoms with Gasteiger partial charge in [-0.2, -0.15) is 13.2 Å². The fraction of sp³-hybridized carbons (Fsp3) is 0.182. The first-order valence-corrected chi connectivity index (χ1v) is 5.40. The highest BCUT2D eigenvalue weighted by Gasteiger charge is 2.31. The van der Waals surface area contributed by atoms with E-state index >= 15 is 0 Å². The summed E-state index contributed by atoms with van der Waals surface area (Å²) in [5.74, 6) is 2.18. The van der Waals surface area contributed by atoms with E-state index in [1.165, 1.54) is 10.6 Å². The van der Waals surface area contributed by atoms with Crippen LogP contribution in [0, 0.1) is 12.3 Å². The van der Waals surface area contributed by atoms with E-state index in [0.717, 1.165) is 0 Å². The second-order valence-electron chi connectivity index (χ2n) is 3.39. The van der Waals surface area contributed by atoms with Crippen molar-refractivity contribution >= 4 is 21.6 Å². The van der Waals surface area contributed by atoms with E-state index in [1.54, 1.807) is 12.1 Å². The molecule has 0 aliphatic rings. The molecule has 0 fully saturated rings. The highest BCUT2D eigenvalue weighted by molar-refractivity contribution is 9.10. The molecule has 0 atom stereocenters. The predicted octanol–water partition coefficient (Wildman–Crippen LogP) is 3.18. The second-order valence-corrected chi connectivity index (χ2v) is 4.25. The lowest BCUT2D eigenvalue weighted by molar-refractivity contribution is -0.128. The van der Waals surface area contributed by atoms with E-state index in [4.69, 9.17) is 6.42 Å². The number of halogens is 4. The minimum atomic E-state index is -4.32. The van der Waals surface area contributed by atoms with Gasteiger partial charge in [-0.3, -0.25) is 0 Å². The Labute approximate surface area is 104 Å². The molecular formula is C11H6BrF3N2. The molecule has 0 aromatic carbocycles. The summed E-state index contributed by atoms with van der Waals surface area (Å²) in [5, 5.41) is 0. The van der Waals surface area contributed by atoms with Crippen LogP contribution in [0.4, 0.5) is 13.2 Å². The van der Waals surface area contributed by atoms with Crippen LogP contribution in [-0.4, -0.2) is 15.6 Å². The predicted molar refractivity (Wildman–Crippen MR) is 60.6 cm³/mol. The summed E-state index contributed by atoms with van der Waals surface area (Å²) < 4.78 is 39.3. The Morgan fingerprint density at radius 2 is 2.18 bits per heavy atom. The Morgan fingerprint density at radius 1 is 1.47 bits per heavy atom. The van der Waals surface area contributed by atoms with Crippen molar-refractivity contribution in [3.63, 3.8) is 0 Å². The highest BCUT2D eigenvalue weighted by atomic mass is 79.9. The molecule has 0 saturated carbocycles. The number of fused-ring (bicyclic) bond motifs is 1. The maximum Gasteiger partial charge on any atom is 0.394 e. The molecule has 2 nitrogen and oxygen atoms in total. The van der Waals surface area contributed by atoms with Gasteiger partial charge in [-0.15, -0.1) is 6.42 Å². The molecule has 0 bridgehead atoms. The number of alkyl halides is 3. The number of rotatable bonds is 1. The maximum absolute atomic E-state index is 12.4. The molecule has 0 radical (unpaired) electrons. The first-order chi connectivity index (χ1) is 7.92. The maximum atomic E-state index is 12.4. The zero-order valence-electron chi connectivity index (χ0n) is 8.42. The average molecular weight is 303 g/mol. The van der Waals surface area contributed by atoms with Gasteiger partial charge in [0, 0.05) is 6.20 Å². The number of hydrogen-bond donors (Lipinski definition) is 0. The van der Waals surface area contributed by atoms with Gasteiger partial charge in [0.05, 0.1) is 16.6 Å². The van der Waals surface area contributed by atoms with Gasteiger partial charge < -0.3 is 4.40 Å². The fourth-order valence-corrected chi connectivity index (χ4v) is 1.99. The SMILES string of the molecule is C#Cc1nc2c(Br)cccn2c1CC(F)(F)F.